The summed E-state index contributed by atoms with van der Waals surface area (Å²) in [7, 11) is 0. The van der Waals surface area contributed by atoms with Gasteiger partial charge in [0.15, 0.2) is 0 Å². The van der Waals surface area contributed by atoms with Crippen LogP contribution in [0.2, 0.25) is 0 Å². The third-order valence-corrected chi connectivity index (χ3v) is 4.51. The minimum absolute atomic E-state index is 0.384. The summed E-state index contributed by atoms with van der Waals surface area (Å²) in [6.07, 6.45) is 5.11. The zero-order valence-corrected chi connectivity index (χ0v) is 13.7. The summed E-state index contributed by atoms with van der Waals surface area (Å²) in [6.45, 7) is 4.18. The molecule has 1 aromatic carbocycles. The first-order chi connectivity index (χ1) is 9.64. The highest BCUT2D eigenvalue weighted by molar-refractivity contribution is 9.10. The Kier molecular flexibility index (Phi) is 5.87. The molecule has 0 heterocycles. The average Bonchev–Trinajstić information content (AvgIpc) is 2.45. The molecule has 0 aromatic heterocycles. The molecule has 0 atom stereocenters. The molecular weight excluding hydrogens is 318 g/mol. The Balaban J connectivity index is 2.04. The molecule has 1 aromatic rings. The van der Waals surface area contributed by atoms with Gasteiger partial charge in [-0.25, -0.2) is 0 Å². The standard InChI is InChI=1S/C16H24BrNO2/c1-2-18-11-13-7-6-8-14(17)15(13)20-12-16(19)9-4-3-5-10-16/h6-8,18-19H,2-5,9-12H2,1H3. The van der Waals surface area contributed by atoms with Crippen LogP contribution >= 0.6 is 15.9 Å². The van der Waals surface area contributed by atoms with E-state index in [0.717, 1.165) is 54.6 Å². The molecule has 0 amide bonds. The van der Waals surface area contributed by atoms with Crippen LogP contribution in [0, 0.1) is 0 Å². The molecule has 1 saturated carbocycles. The van der Waals surface area contributed by atoms with E-state index in [4.69, 9.17) is 4.74 Å². The number of para-hydroxylation sites is 1. The number of rotatable bonds is 6. The number of hydrogen-bond acceptors (Lipinski definition) is 3. The average molecular weight is 342 g/mol. The number of aliphatic hydroxyl groups is 1. The van der Waals surface area contributed by atoms with Crippen LogP contribution in [-0.4, -0.2) is 23.9 Å². The second-order valence-corrected chi connectivity index (χ2v) is 6.44. The van der Waals surface area contributed by atoms with Crippen molar-refractivity contribution < 1.29 is 9.84 Å². The molecule has 4 heteroatoms. The SMILES string of the molecule is CCNCc1cccc(Br)c1OCC1(O)CCCCC1. The van der Waals surface area contributed by atoms with E-state index in [2.05, 4.69) is 34.2 Å². The number of ether oxygens (including phenoxy) is 1. The molecular formula is C16H24BrNO2. The van der Waals surface area contributed by atoms with Gasteiger partial charge < -0.3 is 15.2 Å². The van der Waals surface area contributed by atoms with Crippen molar-refractivity contribution in [2.24, 2.45) is 0 Å². The Hall–Kier alpha value is -0.580. The first-order valence-corrected chi connectivity index (χ1v) is 8.27. The van der Waals surface area contributed by atoms with Crippen LogP contribution in [0.15, 0.2) is 22.7 Å². The summed E-state index contributed by atoms with van der Waals surface area (Å²) in [4.78, 5) is 0. The molecule has 0 radical (unpaired) electrons. The van der Waals surface area contributed by atoms with Crippen molar-refractivity contribution in [1.82, 2.24) is 5.32 Å². The van der Waals surface area contributed by atoms with Crippen LogP contribution in [0.5, 0.6) is 5.75 Å². The predicted molar refractivity (Wildman–Crippen MR) is 85.1 cm³/mol. The Morgan fingerprint density at radius 2 is 2.05 bits per heavy atom. The lowest BCUT2D eigenvalue weighted by atomic mass is 9.85. The van der Waals surface area contributed by atoms with E-state index < -0.39 is 5.60 Å². The second-order valence-electron chi connectivity index (χ2n) is 5.58. The van der Waals surface area contributed by atoms with Crippen LogP contribution in [0.4, 0.5) is 0 Å². The maximum absolute atomic E-state index is 10.5. The van der Waals surface area contributed by atoms with Crippen molar-refractivity contribution in [3.63, 3.8) is 0 Å². The van der Waals surface area contributed by atoms with Crippen molar-refractivity contribution in [2.75, 3.05) is 13.2 Å². The minimum atomic E-state index is -0.650. The lowest BCUT2D eigenvalue weighted by Crippen LogP contribution is -2.38. The van der Waals surface area contributed by atoms with E-state index in [1.807, 2.05) is 12.1 Å². The molecule has 20 heavy (non-hydrogen) atoms. The van der Waals surface area contributed by atoms with E-state index in [9.17, 15) is 5.11 Å². The molecule has 0 aliphatic heterocycles. The van der Waals surface area contributed by atoms with Crippen molar-refractivity contribution in [1.29, 1.82) is 0 Å². The maximum Gasteiger partial charge on any atom is 0.138 e. The van der Waals surface area contributed by atoms with E-state index in [-0.39, 0.29) is 0 Å². The first kappa shape index (κ1) is 15.8. The highest BCUT2D eigenvalue weighted by Gasteiger charge is 2.30. The number of benzene rings is 1. The third kappa shape index (κ3) is 4.21. The van der Waals surface area contributed by atoms with Crippen LogP contribution in [-0.2, 0) is 6.54 Å². The zero-order valence-electron chi connectivity index (χ0n) is 12.1. The quantitative estimate of drug-likeness (QED) is 0.830. The van der Waals surface area contributed by atoms with Gasteiger partial charge in [0, 0.05) is 12.1 Å². The highest BCUT2D eigenvalue weighted by Crippen LogP contribution is 2.33. The largest absolute Gasteiger partial charge is 0.489 e. The summed E-state index contributed by atoms with van der Waals surface area (Å²) < 4.78 is 6.92. The van der Waals surface area contributed by atoms with Crippen molar-refractivity contribution >= 4 is 15.9 Å². The van der Waals surface area contributed by atoms with Gasteiger partial charge in [-0.15, -0.1) is 0 Å². The molecule has 2 N–H and O–H groups in total. The summed E-state index contributed by atoms with van der Waals surface area (Å²) >= 11 is 3.55. The molecule has 0 bridgehead atoms. The molecule has 2 rings (SSSR count). The molecule has 0 unspecified atom stereocenters. The third-order valence-electron chi connectivity index (χ3n) is 3.88. The van der Waals surface area contributed by atoms with Gasteiger partial charge in [-0.1, -0.05) is 38.3 Å². The van der Waals surface area contributed by atoms with Gasteiger partial charge >= 0.3 is 0 Å². The Labute approximate surface area is 129 Å². The second kappa shape index (κ2) is 7.43. The van der Waals surface area contributed by atoms with Gasteiger partial charge in [-0.05, 0) is 41.4 Å². The minimum Gasteiger partial charge on any atom is -0.489 e. The van der Waals surface area contributed by atoms with Gasteiger partial charge in [0.25, 0.3) is 0 Å². The highest BCUT2D eigenvalue weighted by atomic mass is 79.9. The van der Waals surface area contributed by atoms with Gasteiger partial charge in [0.2, 0.25) is 0 Å². The zero-order chi connectivity index (χ0) is 14.4. The number of halogens is 1. The first-order valence-electron chi connectivity index (χ1n) is 7.48. The van der Waals surface area contributed by atoms with Crippen LogP contribution in [0.25, 0.3) is 0 Å². The van der Waals surface area contributed by atoms with Gasteiger partial charge in [0.05, 0.1) is 10.1 Å². The van der Waals surface area contributed by atoms with Gasteiger partial charge in [-0.3, -0.25) is 0 Å². The fraction of sp³-hybridized carbons (Fsp3) is 0.625. The Morgan fingerprint density at radius 1 is 1.30 bits per heavy atom. The summed E-state index contributed by atoms with van der Waals surface area (Å²) in [5, 5.41) is 13.9. The Morgan fingerprint density at radius 3 is 2.75 bits per heavy atom. The van der Waals surface area contributed by atoms with Crippen molar-refractivity contribution in [3.8, 4) is 5.75 Å². The van der Waals surface area contributed by atoms with Gasteiger partial charge in [0.1, 0.15) is 12.4 Å². The smallest absolute Gasteiger partial charge is 0.138 e. The Bertz CT molecular complexity index is 430. The molecule has 3 nitrogen and oxygen atoms in total. The van der Waals surface area contributed by atoms with E-state index >= 15 is 0 Å². The summed E-state index contributed by atoms with van der Waals surface area (Å²) in [5.74, 6) is 0.854. The van der Waals surface area contributed by atoms with Crippen LogP contribution in [0.3, 0.4) is 0 Å². The molecule has 0 saturated heterocycles. The van der Waals surface area contributed by atoms with Crippen molar-refractivity contribution in [3.05, 3.63) is 28.2 Å². The monoisotopic (exact) mass is 341 g/mol. The number of nitrogens with one attached hydrogen (secondary N) is 1. The summed E-state index contributed by atoms with van der Waals surface area (Å²) in [6, 6.07) is 6.06. The fourth-order valence-electron chi connectivity index (χ4n) is 2.67. The summed E-state index contributed by atoms with van der Waals surface area (Å²) in [5.41, 5.74) is 0.476. The van der Waals surface area contributed by atoms with Gasteiger partial charge in [-0.2, -0.15) is 0 Å². The van der Waals surface area contributed by atoms with E-state index in [0.29, 0.717) is 6.61 Å². The number of hydrogen-bond donors (Lipinski definition) is 2. The van der Waals surface area contributed by atoms with Crippen molar-refractivity contribution in [2.45, 2.75) is 51.2 Å². The molecule has 1 aliphatic carbocycles. The molecule has 0 spiro atoms. The van der Waals surface area contributed by atoms with Crippen LogP contribution in [0.1, 0.15) is 44.6 Å². The molecule has 1 aliphatic rings. The normalized spacial score (nSPS) is 17.9. The molecule has 112 valence electrons. The fourth-order valence-corrected chi connectivity index (χ4v) is 3.20. The maximum atomic E-state index is 10.5. The topological polar surface area (TPSA) is 41.5 Å². The lowest BCUT2D eigenvalue weighted by Gasteiger charge is -2.32. The lowest BCUT2D eigenvalue weighted by molar-refractivity contribution is -0.0343. The van der Waals surface area contributed by atoms with Crippen LogP contribution < -0.4 is 10.1 Å². The predicted octanol–water partition coefficient (Wildman–Crippen LogP) is 3.63. The van der Waals surface area contributed by atoms with E-state index in [1.54, 1.807) is 0 Å². The molecule has 1 fully saturated rings. The van der Waals surface area contributed by atoms with E-state index in [1.165, 1.54) is 6.42 Å².